The van der Waals surface area contributed by atoms with Crippen molar-refractivity contribution in [2.45, 2.75) is 17.5 Å². The van der Waals surface area contributed by atoms with Gasteiger partial charge in [-0.05, 0) is 23.8 Å². The number of thioether (sulfide) groups is 1. The van der Waals surface area contributed by atoms with Crippen molar-refractivity contribution >= 4 is 23.4 Å². The highest BCUT2D eigenvalue weighted by Crippen LogP contribution is 2.25. The maximum absolute atomic E-state index is 9.21. The van der Waals surface area contributed by atoms with Gasteiger partial charge in [-0.15, -0.1) is 11.8 Å². The fourth-order valence-electron chi connectivity index (χ4n) is 1.09. The minimum absolute atomic E-state index is 0.224. The molecule has 0 radical (unpaired) electrons. The summed E-state index contributed by atoms with van der Waals surface area (Å²) in [6, 6.07) is 5.48. The summed E-state index contributed by atoms with van der Waals surface area (Å²) in [5.41, 5.74) is 6.53. The number of aliphatic hydroxyl groups is 2. The maximum Gasteiger partial charge on any atom is 0.0864 e. The lowest BCUT2D eigenvalue weighted by atomic mass is 10.2. The first-order chi connectivity index (χ1) is 7.17. The average Bonchev–Trinajstić information content (AvgIpc) is 2.26. The molecule has 0 aromatic heterocycles. The largest absolute Gasteiger partial charge is 0.394 e. The Morgan fingerprint density at radius 3 is 2.80 bits per heavy atom. The second-order valence-electron chi connectivity index (χ2n) is 3.10. The number of rotatable bonds is 5. The van der Waals surface area contributed by atoms with Crippen LogP contribution in [0.4, 0.5) is 0 Å². The smallest absolute Gasteiger partial charge is 0.0864 e. The molecule has 0 spiro atoms. The number of hydrogen-bond donors (Lipinski definition) is 3. The van der Waals surface area contributed by atoms with E-state index >= 15 is 0 Å². The van der Waals surface area contributed by atoms with Gasteiger partial charge in [-0.1, -0.05) is 11.6 Å². The molecule has 0 bridgehead atoms. The molecule has 1 aromatic rings. The molecule has 0 aliphatic carbocycles. The Labute approximate surface area is 98.2 Å². The number of nitrogens with two attached hydrogens (primary N) is 1. The fourth-order valence-corrected chi connectivity index (χ4v) is 2.25. The van der Waals surface area contributed by atoms with Gasteiger partial charge in [0.2, 0.25) is 0 Å². The van der Waals surface area contributed by atoms with E-state index in [4.69, 9.17) is 22.4 Å². The van der Waals surface area contributed by atoms with Crippen LogP contribution in [0.3, 0.4) is 0 Å². The van der Waals surface area contributed by atoms with Crippen molar-refractivity contribution in [3.8, 4) is 0 Å². The van der Waals surface area contributed by atoms with Crippen molar-refractivity contribution in [3.63, 3.8) is 0 Å². The molecule has 1 rings (SSSR count). The molecule has 0 amide bonds. The third-order valence-corrected chi connectivity index (χ3v) is 3.38. The minimum atomic E-state index is -0.698. The van der Waals surface area contributed by atoms with Crippen LogP contribution >= 0.6 is 23.4 Å². The molecule has 1 aromatic carbocycles. The van der Waals surface area contributed by atoms with Gasteiger partial charge in [0.15, 0.2) is 0 Å². The highest BCUT2D eigenvalue weighted by molar-refractivity contribution is 7.99. The predicted molar refractivity (Wildman–Crippen MR) is 63.2 cm³/mol. The zero-order valence-corrected chi connectivity index (χ0v) is 9.76. The minimum Gasteiger partial charge on any atom is -0.394 e. The van der Waals surface area contributed by atoms with Crippen LogP contribution in [0, 0.1) is 0 Å². The van der Waals surface area contributed by atoms with Gasteiger partial charge in [-0.3, -0.25) is 0 Å². The number of hydrogen-bond acceptors (Lipinski definition) is 4. The molecular weight excluding hydrogens is 234 g/mol. The standard InChI is InChI=1S/C10H14ClNO2S/c11-8-1-2-10(7(3-8)4-12)15-6-9(14)5-13/h1-3,9,13-14H,4-6,12H2. The number of halogens is 1. The van der Waals surface area contributed by atoms with E-state index in [2.05, 4.69) is 0 Å². The lowest BCUT2D eigenvalue weighted by molar-refractivity contribution is 0.113. The first-order valence-electron chi connectivity index (χ1n) is 4.57. The Balaban J connectivity index is 2.67. The van der Waals surface area contributed by atoms with E-state index < -0.39 is 6.10 Å². The Bertz CT molecular complexity index is 322. The summed E-state index contributed by atoms with van der Waals surface area (Å²) in [4.78, 5) is 0.995. The Hall–Kier alpha value is -0.260. The van der Waals surface area contributed by atoms with Crippen LogP contribution in [0.1, 0.15) is 5.56 Å². The summed E-state index contributed by atoms with van der Waals surface area (Å²) in [6.07, 6.45) is -0.698. The maximum atomic E-state index is 9.21. The lowest BCUT2D eigenvalue weighted by Gasteiger charge is -2.10. The summed E-state index contributed by atoms with van der Waals surface area (Å²) in [7, 11) is 0. The van der Waals surface area contributed by atoms with E-state index in [1.165, 1.54) is 11.8 Å². The summed E-state index contributed by atoms with van der Waals surface area (Å²) in [6.45, 7) is 0.191. The molecule has 3 nitrogen and oxygen atoms in total. The van der Waals surface area contributed by atoms with Gasteiger partial charge in [0.1, 0.15) is 0 Å². The average molecular weight is 248 g/mol. The molecule has 0 heterocycles. The lowest BCUT2D eigenvalue weighted by Crippen LogP contribution is -2.14. The molecule has 0 saturated carbocycles. The van der Waals surface area contributed by atoms with Gasteiger partial charge in [0.25, 0.3) is 0 Å². The first kappa shape index (κ1) is 12.8. The van der Waals surface area contributed by atoms with Gasteiger partial charge in [0, 0.05) is 22.2 Å². The molecule has 4 N–H and O–H groups in total. The van der Waals surface area contributed by atoms with E-state index in [1.807, 2.05) is 12.1 Å². The summed E-state index contributed by atoms with van der Waals surface area (Å²) in [5.74, 6) is 0.450. The van der Waals surface area contributed by atoms with Crippen LogP contribution < -0.4 is 5.73 Å². The Morgan fingerprint density at radius 1 is 1.47 bits per heavy atom. The normalized spacial score (nSPS) is 12.8. The number of aliphatic hydroxyl groups excluding tert-OH is 2. The highest BCUT2D eigenvalue weighted by Gasteiger charge is 2.06. The van der Waals surface area contributed by atoms with E-state index in [0.29, 0.717) is 17.3 Å². The van der Waals surface area contributed by atoms with Crippen LogP contribution in [-0.2, 0) is 6.54 Å². The molecule has 1 atom stereocenters. The van der Waals surface area contributed by atoms with Crippen molar-refractivity contribution in [2.75, 3.05) is 12.4 Å². The SMILES string of the molecule is NCc1cc(Cl)ccc1SCC(O)CO. The van der Waals surface area contributed by atoms with E-state index in [-0.39, 0.29) is 6.61 Å². The molecule has 0 aliphatic rings. The van der Waals surface area contributed by atoms with E-state index in [0.717, 1.165) is 10.5 Å². The highest BCUT2D eigenvalue weighted by atomic mass is 35.5. The number of benzene rings is 1. The van der Waals surface area contributed by atoms with Crippen LogP contribution in [0.15, 0.2) is 23.1 Å². The van der Waals surface area contributed by atoms with Crippen LogP contribution in [0.5, 0.6) is 0 Å². The van der Waals surface area contributed by atoms with E-state index in [1.54, 1.807) is 6.07 Å². The molecular formula is C10H14ClNO2S. The zero-order valence-electron chi connectivity index (χ0n) is 8.19. The van der Waals surface area contributed by atoms with Crippen LogP contribution in [0.2, 0.25) is 5.02 Å². The molecule has 5 heteroatoms. The topological polar surface area (TPSA) is 66.5 Å². The van der Waals surface area contributed by atoms with Crippen molar-refractivity contribution in [2.24, 2.45) is 5.73 Å². The van der Waals surface area contributed by atoms with Crippen molar-refractivity contribution in [1.82, 2.24) is 0 Å². The second kappa shape index (κ2) is 6.35. The van der Waals surface area contributed by atoms with Crippen molar-refractivity contribution in [1.29, 1.82) is 0 Å². The zero-order chi connectivity index (χ0) is 11.3. The Morgan fingerprint density at radius 2 is 2.20 bits per heavy atom. The van der Waals surface area contributed by atoms with Crippen molar-refractivity contribution in [3.05, 3.63) is 28.8 Å². The quantitative estimate of drug-likeness (QED) is 0.685. The van der Waals surface area contributed by atoms with Gasteiger partial charge in [-0.25, -0.2) is 0 Å². The van der Waals surface area contributed by atoms with Gasteiger partial charge >= 0.3 is 0 Å². The van der Waals surface area contributed by atoms with Crippen LogP contribution in [-0.4, -0.2) is 28.7 Å². The Kier molecular flexibility index (Phi) is 5.42. The molecule has 1 unspecified atom stereocenters. The second-order valence-corrected chi connectivity index (χ2v) is 4.60. The van der Waals surface area contributed by atoms with Crippen molar-refractivity contribution < 1.29 is 10.2 Å². The van der Waals surface area contributed by atoms with Gasteiger partial charge in [0.05, 0.1) is 12.7 Å². The molecule has 15 heavy (non-hydrogen) atoms. The molecule has 0 saturated heterocycles. The predicted octanol–water partition coefficient (Wildman–Crippen LogP) is 1.24. The fraction of sp³-hybridized carbons (Fsp3) is 0.400. The third kappa shape index (κ3) is 4.01. The molecule has 84 valence electrons. The molecule has 0 aliphatic heterocycles. The molecule has 0 fully saturated rings. The van der Waals surface area contributed by atoms with Gasteiger partial charge < -0.3 is 15.9 Å². The third-order valence-electron chi connectivity index (χ3n) is 1.88. The van der Waals surface area contributed by atoms with Crippen LogP contribution in [0.25, 0.3) is 0 Å². The van der Waals surface area contributed by atoms with E-state index in [9.17, 15) is 5.11 Å². The first-order valence-corrected chi connectivity index (χ1v) is 5.94. The summed E-state index contributed by atoms with van der Waals surface area (Å²) < 4.78 is 0. The summed E-state index contributed by atoms with van der Waals surface area (Å²) in [5, 5.41) is 18.5. The van der Waals surface area contributed by atoms with Gasteiger partial charge in [-0.2, -0.15) is 0 Å². The monoisotopic (exact) mass is 247 g/mol. The summed E-state index contributed by atoms with van der Waals surface area (Å²) >= 11 is 7.30.